The molecular formula is C33H30O7. The second-order valence-electron chi connectivity index (χ2n) is 9.83. The van der Waals surface area contributed by atoms with Crippen LogP contribution in [0.4, 0.5) is 0 Å². The van der Waals surface area contributed by atoms with Gasteiger partial charge in [0.05, 0.1) is 20.3 Å². The Bertz CT molecular complexity index is 1500. The van der Waals surface area contributed by atoms with Crippen molar-refractivity contribution in [1.82, 2.24) is 0 Å². The monoisotopic (exact) mass is 538 g/mol. The molecule has 7 heteroatoms. The van der Waals surface area contributed by atoms with Crippen LogP contribution in [0.25, 0.3) is 0 Å². The van der Waals surface area contributed by atoms with E-state index in [1.165, 1.54) is 7.11 Å². The van der Waals surface area contributed by atoms with Gasteiger partial charge in [-0.05, 0) is 40.5 Å². The molecule has 0 aromatic heterocycles. The smallest absolute Gasteiger partial charge is 0.313 e. The number of carbonyl (C=O) groups excluding carboxylic acids is 1. The first kappa shape index (κ1) is 25.9. The molecule has 40 heavy (non-hydrogen) atoms. The van der Waals surface area contributed by atoms with Crippen molar-refractivity contribution >= 4 is 5.97 Å². The van der Waals surface area contributed by atoms with Crippen molar-refractivity contribution in [1.29, 1.82) is 0 Å². The van der Waals surface area contributed by atoms with Gasteiger partial charge in [-0.25, -0.2) is 0 Å². The lowest BCUT2D eigenvalue weighted by atomic mass is 9.76. The summed E-state index contributed by atoms with van der Waals surface area (Å²) >= 11 is 0. The SMILES string of the molecule is COC(=O)[C@@H]1[C@@H](c2ccc3c(c2)OCO3)c2ccccc2[C@@]1(O)c1ccccc1OCCOCc1ccccc1. The maximum Gasteiger partial charge on any atom is 0.313 e. The second kappa shape index (κ2) is 11.0. The number of hydrogen-bond acceptors (Lipinski definition) is 7. The van der Waals surface area contributed by atoms with E-state index in [4.69, 9.17) is 23.7 Å². The standard InChI is InChI=1S/C33H30O7/c1-36-32(34)31-30(23-15-16-28-29(19-23)40-21-39-28)24-11-5-6-12-25(24)33(31,35)26-13-7-8-14-27(26)38-18-17-37-20-22-9-3-2-4-10-22/h2-16,19,30-31,35H,17-18,20-21H2,1H3/t30-,31-,33+/m0/s1. The van der Waals surface area contributed by atoms with Crippen molar-refractivity contribution < 1.29 is 33.6 Å². The molecule has 0 radical (unpaired) electrons. The van der Waals surface area contributed by atoms with Crippen LogP contribution in [0.1, 0.15) is 33.7 Å². The van der Waals surface area contributed by atoms with Gasteiger partial charge in [-0.1, -0.05) is 78.9 Å². The minimum absolute atomic E-state index is 0.143. The molecule has 4 aromatic rings. The molecule has 6 rings (SSSR count). The van der Waals surface area contributed by atoms with Gasteiger partial charge in [0, 0.05) is 11.5 Å². The molecule has 0 amide bonds. The molecule has 1 aliphatic carbocycles. The number of benzene rings is 4. The molecule has 0 fully saturated rings. The summed E-state index contributed by atoms with van der Waals surface area (Å²) < 4.78 is 28.4. The number of rotatable bonds is 9. The maximum atomic E-state index is 13.5. The highest BCUT2D eigenvalue weighted by Gasteiger charge is 2.58. The Hall–Kier alpha value is -4.33. The van der Waals surface area contributed by atoms with Gasteiger partial charge in [0.25, 0.3) is 0 Å². The summed E-state index contributed by atoms with van der Waals surface area (Å²) in [5.74, 6) is -0.271. The van der Waals surface area contributed by atoms with E-state index in [2.05, 4.69) is 0 Å². The Morgan fingerprint density at radius 3 is 2.42 bits per heavy atom. The van der Waals surface area contributed by atoms with Crippen molar-refractivity contribution in [3.63, 3.8) is 0 Å². The third-order valence-corrected chi connectivity index (χ3v) is 7.60. The molecule has 2 aliphatic rings. The fourth-order valence-corrected chi connectivity index (χ4v) is 5.81. The van der Waals surface area contributed by atoms with Crippen molar-refractivity contribution in [3.05, 3.63) is 125 Å². The summed E-state index contributed by atoms with van der Waals surface area (Å²) in [6, 6.07) is 30.4. The number of esters is 1. The Labute approximate surface area is 232 Å². The first-order valence-corrected chi connectivity index (χ1v) is 13.2. The summed E-state index contributed by atoms with van der Waals surface area (Å²) in [4.78, 5) is 13.5. The van der Waals surface area contributed by atoms with E-state index in [9.17, 15) is 9.90 Å². The van der Waals surface area contributed by atoms with E-state index in [0.717, 1.165) is 16.7 Å². The number of para-hydroxylation sites is 1. The third-order valence-electron chi connectivity index (χ3n) is 7.60. The lowest BCUT2D eigenvalue weighted by Gasteiger charge is -2.33. The predicted molar refractivity (Wildman–Crippen MR) is 147 cm³/mol. The number of carbonyl (C=O) groups is 1. The molecule has 1 heterocycles. The van der Waals surface area contributed by atoms with Crippen molar-refractivity contribution in [3.8, 4) is 17.2 Å². The Morgan fingerprint density at radius 1 is 0.875 bits per heavy atom. The van der Waals surface area contributed by atoms with E-state index in [1.807, 2.05) is 84.9 Å². The topological polar surface area (TPSA) is 83.5 Å². The number of fused-ring (bicyclic) bond motifs is 2. The molecule has 7 nitrogen and oxygen atoms in total. The first-order chi connectivity index (χ1) is 19.6. The highest BCUT2D eigenvalue weighted by molar-refractivity contribution is 5.81. The van der Waals surface area contributed by atoms with Crippen LogP contribution in [0.15, 0.2) is 97.1 Å². The molecule has 0 saturated heterocycles. The zero-order valence-electron chi connectivity index (χ0n) is 22.1. The molecule has 0 saturated carbocycles. The highest BCUT2D eigenvalue weighted by atomic mass is 16.7. The fourth-order valence-electron chi connectivity index (χ4n) is 5.81. The summed E-state index contributed by atoms with van der Waals surface area (Å²) in [5.41, 5.74) is 2.13. The van der Waals surface area contributed by atoms with E-state index in [1.54, 1.807) is 12.1 Å². The average Bonchev–Trinajstić information content (AvgIpc) is 3.58. The summed E-state index contributed by atoms with van der Waals surface area (Å²) in [6.45, 7) is 1.25. The number of hydrogen-bond donors (Lipinski definition) is 1. The molecule has 4 aromatic carbocycles. The summed E-state index contributed by atoms with van der Waals surface area (Å²) in [6.07, 6.45) is 0. The van der Waals surface area contributed by atoms with Crippen LogP contribution < -0.4 is 14.2 Å². The normalized spacial score (nSPS) is 20.6. The third kappa shape index (κ3) is 4.57. The van der Waals surface area contributed by atoms with Crippen LogP contribution in [-0.2, 0) is 26.5 Å². The Balaban J connectivity index is 1.34. The van der Waals surface area contributed by atoms with Crippen molar-refractivity contribution in [2.75, 3.05) is 27.1 Å². The van der Waals surface area contributed by atoms with Crippen LogP contribution in [0.2, 0.25) is 0 Å². The minimum atomic E-state index is -1.72. The van der Waals surface area contributed by atoms with Crippen LogP contribution in [-0.4, -0.2) is 38.2 Å². The number of ether oxygens (including phenoxy) is 5. The van der Waals surface area contributed by atoms with Crippen molar-refractivity contribution in [2.24, 2.45) is 5.92 Å². The van der Waals surface area contributed by atoms with Gasteiger partial charge in [-0.2, -0.15) is 0 Å². The lowest BCUT2D eigenvalue weighted by molar-refractivity contribution is -0.153. The van der Waals surface area contributed by atoms with Crippen LogP contribution >= 0.6 is 0 Å². The molecule has 1 N–H and O–H groups in total. The zero-order valence-corrected chi connectivity index (χ0v) is 22.1. The summed E-state index contributed by atoms with van der Waals surface area (Å²) in [7, 11) is 1.34. The molecule has 204 valence electrons. The Morgan fingerprint density at radius 2 is 1.60 bits per heavy atom. The average molecular weight is 539 g/mol. The van der Waals surface area contributed by atoms with Crippen LogP contribution in [0.5, 0.6) is 17.2 Å². The molecule has 1 aliphatic heterocycles. The second-order valence-corrected chi connectivity index (χ2v) is 9.83. The largest absolute Gasteiger partial charge is 0.491 e. The molecule has 3 atom stereocenters. The van der Waals surface area contributed by atoms with Gasteiger partial charge >= 0.3 is 5.97 Å². The molecule has 0 unspecified atom stereocenters. The summed E-state index contributed by atoms with van der Waals surface area (Å²) in [5, 5.41) is 12.7. The van der Waals surface area contributed by atoms with E-state index >= 15 is 0 Å². The molecule has 0 bridgehead atoms. The van der Waals surface area contributed by atoms with Crippen LogP contribution in [0, 0.1) is 5.92 Å². The van der Waals surface area contributed by atoms with Gasteiger partial charge in [0.15, 0.2) is 11.5 Å². The van der Waals surface area contributed by atoms with Gasteiger partial charge in [0.2, 0.25) is 6.79 Å². The van der Waals surface area contributed by atoms with E-state index in [-0.39, 0.29) is 13.4 Å². The van der Waals surface area contributed by atoms with Gasteiger partial charge in [-0.15, -0.1) is 0 Å². The predicted octanol–water partition coefficient (Wildman–Crippen LogP) is 5.18. The Kier molecular flexibility index (Phi) is 7.15. The minimum Gasteiger partial charge on any atom is -0.491 e. The fraction of sp³-hybridized carbons (Fsp3) is 0.242. The van der Waals surface area contributed by atoms with E-state index in [0.29, 0.717) is 41.6 Å². The van der Waals surface area contributed by atoms with Gasteiger partial charge in [0.1, 0.15) is 23.9 Å². The first-order valence-electron chi connectivity index (χ1n) is 13.2. The lowest BCUT2D eigenvalue weighted by Crippen LogP contribution is -2.40. The van der Waals surface area contributed by atoms with Crippen LogP contribution in [0.3, 0.4) is 0 Å². The maximum absolute atomic E-state index is 13.5. The highest BCUT2D eigenvalue weighted by Crippen LogP contribution is 2.57. The number of aliphatic hydroxyl groups is 1. The number of methoxy groups -OCH3 is 1. The van der Waals surface area contributed by atoms with Crippen molar-refractivity contribution in [2.45, 2.75) is 18.1 Å². The molecule has 0 spiro atoms. The molecular weight excluding hydrogens is 508 g/mol. The zero-order chi connectivity index (χ0) is 27.5. The van der Waals surface area contributed by atoms with Gasteiger partial charge in [-0.3, -0.25) is 4.79 Å². The van der Waals surface area contributed by atoms with Gasteiger partial charge < -0.3 is 28.8 Å². The van der Waals surface area contributed by atoms with E-state index < -0.39 is 23.4 Å². The quantitative estimate of drug-likeness (QED) is 0.232.